The predicted octanol–water partition coefficient (Wildman–Crippen LogP) is 0.674. The highest BCUT2D eigenvalue weighted by molar-refractivity contribution is 5.37. The molecule has 0 aromatic carbocycles. The highest BCUT2D eigenvalue weighted by atomic mass is 15.5. The number of nitrogens with zero attached hydrogens (tertiary/aromatic N) is 3. The van der Waals surface area contributed by atoms with Crippen LogP contribution in [0.4, 0.5) is 0 Å². The largest absolute Gasteiger partial charge is 0.281 e. The summed E-state index contributed by atoms with van der Waals surface area (Å²) in [7, 11) is 0. The van der Waals surface area contributed by atoms with Gasteiger partial charge in [-0.05, 0) is 13.8 Å². The Morgan fingerprint density at radius 2 is 2.30 bits per heavy atom. The zero-order valence-electron chi connectivity index (χ0n) is 5.92. The van der Waals surface area contributed by atoms with Crippen molar-refractivity contribution in [3.8, 4) is 0 Å². The van der Waals surface area contributed by atoms with E-state index < -0.39 is 0 Å². The maximum atomic E-state index is 4.15. The van der Waals surface area contributed by atoms with Crippen LogP contribution in [0.15, 0.2) is 6.07 Å². The molecule has 2 aromatic heterocycles. The summed E-state index contributed by atoms with van der Waals surface area (Å²) in [5.74, 6) is 0.797. The Labute approximate surface area is 57.9 Å². The number of fused-ring (bicyclic) bond motifs is 1. The van der Waals surface area contributed by atoms with Crippen LogP contribution in [0.2, 0.25) is 0 Å². The van der Waals surface area contributed by atoms with Crippen molar-refractivity contribution >= 4 is 5.65 Å². The van der Waals surface area contributed by atoms with Gasteiger partial charge < -0.3 is 0 Å². The van der Waals surface area contributed by atoms with Crippen LogP contribution in [0.3, 0.4) is 0 Å². The van der Waals surface area contributed by atoms with Gasteiger partial charge in [-0.1, -0.05) is 0 Å². The van der Waals surface area contributed by atoms with Gasteiger partial charge in [0.05, 0.1) is 0 Å². The Balaban J connectivity index is 2.83. The summed E-state index contributed by atoms with van der Waals surface area (Å²) in [5.41, 5.74) is 1.96. The van der Waals surface area contributed by atoms with Crippen LogP contribution in [-0.2, 0) is 0 Å². The van der Waals surface area contributed by atoms with E-state index in [9.17, 15) is 0 Å². The first-order valence-corrected chi connectivity index (χ1v) is 3.15. The lowest BCUT2D eigenvalue weighted by atomic mass is 10.5. The van der Waals surface area contributed by atoms with Gasteiger partial charge in [0.15, 0.2) is 5.65 Å². The highest BCUT2D eigenvalue weighted by Crippen LogP contribution is 2.00. The molecular weight excluding hydrogens is 128 g/mol. The van der Waals surface area contributed by atoms with Gasteiger partial charge in [-0.2, -0.15) is 4.63 Å². The summed E-state index contributed by atoms with van der Waals surface area (Å²) in [5, 5.41) is 7.11. The minimum Gasteiger partial charge on any atom is -0.281 e. The second-order valence-electron chi connectivity index (χ2n) is 2.37. The maximum absolute atomic E-state index is 4.15. The van der Waals surface area contributed by atoms with E-state index in [1.807, 2.05) is 19.9 Å². The van der Waals surface area contributed by atoms with Crippen molar-refractivity contribution in [3.63, 3.8) is 0 Å². The van der Waals surface area contributed by atoms with Gasteiger partial charge in [0.1, 0.15) is 5.82 Å². The number of hydrogen-bond acceptors (Lipinski definition) is 2. The number of aryl methyl sites for hydroxylation is 2. The molecule has 0 spiro atoms. The van der Waals surface area contributed by atoms with Crippen molar-refractivity contribution in [1.82, 2.24) is 19.8 Å². The zero-order valence-corrected chi connectivity index (χ0v) is 5.92. The second kappa shape index (κ2) is 1.59. The Morgan fingerprint density at radius 1 is 1.50 bits per heavy atom. The molecule has 1 N–H and O–H groups in total. The van der Waals surface area contributed by atoms with Crippen molar-refractivity contribution in [3.05, 3.63) is 17.6 Å². The van der Waals surface area contributed by atoms with E-state index in [0.29, 0.717) is 0 Å². The van der Waals surface area contributed by atoms with Crippen molar-refractivity contribution in [2.24, 2.45) is 0 Å². The minimum atomic E-state index is 0.797. The topological polar surface area (TPSA) is 46.0 Å². The van der Waals surface area contributed by atoms with Crippen LogP contribution in [-0.4, -0.2) is 19.8 Å². The molecule has 4 heteroatoms. The molecule has 10 heavy (non-hydrogen) atoms. The summed E-state index contributed by atoms with van der Waals surface area (Å²) in [6, 6.07) is 1.96. The van der Waals surface area contributed by atoms with Crippen molar-refractivity contribution in [2.75, 3.05) is 0 Å². The van der Waals surface area contributed by atoms with Crippen molar-refractivity contribution in [1.29, 1.82) is 0 Å². The molecule has 2 heterocycles. The molecule has 2 aromatic rings. The standard InChI is InChI=1S/C6H8N4/c1-4-3-6-7-5(2)9-10(6)8-4/h3,8H,1-2H3. The predicted molar refractivity (Wildman–Crippen MR) is 36.8 cm³/mol. The molecule has 2 rings (SSSR count). The fourth-order valence-corrected chi connectivity index (χ4v) is 1.00. The lowest BCUT2D eigenvalue weighted by molar-refractivity contribution is 0.793. The quantitative estimate of drug-likeness (QED) is 0.578. The van der Waals surface area contributed by atoms with E-state index >= 15 is 0 Å². The molecule has 0 aliphatic heterocycles. The lowest BCUT2D eigenvalue weighted by Crippen LogP contribution is -1.86. The van der Waals surface area contributed by atoms with Gasteiger partial charge in [-0.15, -0.1) is 5.10 Å². The first-order chi connectivity index (χ1) is 4.75. The van der Waals surface area contributed by atoms with Crippen LogP contribution < -0.4 is 0 Å². The molecule has 0 saturated heterocycles. The summed E-state index contributed by atoms with van der Waals surface area (Å²) >= 11 is 0. The molecule has 0 unspecified atom stereocenters. The Morgan fingerprint density at radius 3 is 3.00 bits per heavy atom. The monoisotopic (exact) mass is 136 g/mol. The van der Waals surface area contributed by atoms with E-state index in [1.165, 1.54) is 0 Å². The summed E-state index contributed by atoms with van der Waals surface area (Å²) in [6.45, 7) is 3.85. The van der Waals surface area contributed by atoms with Crippen LogP contribution >= 0.6 is 0 Å². The molecule has 0 fully saturated rings. The molecule has 0 amide bonds. The van der Waals surface area contributed by atoms with Gasteiger partial charge in [0.25, 0.3) is 0 Å². The normalized spacial score (nSPS) is 11.0. The molecular formula is C6H8N4. The Hall–Kier alpha value is -1.32. The van der Waals surface area contributed by atoms with Gasteiger partial charge >= 0.3 is 0 Å². The fraction of sp³-hybridized carbons (Fsp3) is 0.333. The number of H-pyrrole nitrogens is 1. The van der Waals surface area contributed by atoms with Crippen LogP contribution in [0.25, 0.3) is 5.65 Å². The minimum absolute atomic E-state index is 0.797. The first kappa shape index (κ1) is 5.46. The van der Waals surface area contributed by atoms with Crippen LogP contribution in [0, 0.1) is 13.8 Å². The van der Waals surface area contributed by atoms with Crippen molar-refractivity contribution in [2.45, 2.75) is 13.8 Å². The lowest BCUT2D eigenvalue weighted by Gasteiger charge is -1.78. The number of hydrogen-bond donors (Lipinski definition) is 1. The Bertz CT molecular complexity index is 294. The van der Waals surface area contributed by atoms with E-state index in [2.05, 4.69) is 15.2 Å². The third-order valence-electron chi connectivity index (χ3n) is 1.37. The van der Waals surface area contributed by atoms with Gasteiger partial charge in [-0.25, -0.2) is 4.98 Å². The van der Waals surface area contributed by atoms with E-state index in [0.717, 1.165) is 17.2 Å². The SMILES string of the molecule is Cc1nc2cc(C)[nH]n2n1. The average Bonchev–Trinajstić information content (AvgIpc) is 2.21. The molecule has 4 nitrogen and oxygen atoms in total. The molecule has 0 aliphatic carbocycles. The molecule has 0 radical (unpaired) electrons. The number of aromatic amines is 1. The third-order valence-corrected chi connectivity index (χ3v) is 1.37. The third kappa shape index (κ3) is 0.618. The number of nitrogens with one attached hydrogen (secondary N) is 1. The van der Waals surface area contributed by atoms with E-state index in [4.69, 9.17) is 0 Å². The maximum Gasteiger partial charge on any atom is 0.175 e. The number of aromatic nitrogens is 4. The second-order valence-corrected chi connectivity index (χ2v) is 2.37. The van der Waals surface area contributed by atoms with Gasteiger partial charge in [0, 0.05) is 11.8 Å². The average molecular weight is 136 g/mol. The van der Waals surface area contributed by atoms with E-state index in [-0.39, 0.29) is 0 Å². The van der Waals surface area contributed by atoms with Gasteiger partial charge in [-0.3, -0.25) is 5.10 Å². The van der Waals surface area contributed by atoms with Crippen molar-refractivity contribution < 1.29 is 0 Å². The Kier molecular flexibility index (Phi) is 0.869. The summed E-state index contributed by atoms with van der Waals surface area (Å²) < 4.78 is 1.67. The highest BCUT2D eigenvalue weighted by Gasteiger charge is 1.99. The molecule has 0 saturated carbocycles. The molecule has 52 valence electrons. The number of rotatable bonds is 0. The van der Waals surface area contributed by atoms with Crippen LogP contribution in [0.5, 0.6) is 0 Å². The fourth-order valence-electron chi connectivity index (χ4n) is 1.00. The summed E-state index contributed by atoms with van der Waals surface area (Å²) in [4.78, 5) is 4.15. The summed E-state index contributed by atoms with van der Waals surface area (Å²) in [6.07, 6.45) is 0. The van der Waals surface area contributed by atoms with Gasteiger partial charge in [0.2, 0.25) is 0 Å². The zero-order chi connectivity index (χ0) is 7.14. The van der Waals surface area contributed by atoms with Crippen LogP contribution in [0.1, 0.15) is 11.5 Å². The molecule has 0 atom stereocenters. The smallest absolute Gasteiger partial charge is 0.175 e. The molecule has 0 aliphatic rings. The first-order valence-electron chi connectivity index (χ1n) is 3.15. The van der Waals surface area contributed by atoms with E-state index in [1.54, 1.807) is 4.63 Å². The molecule has 0 bridgehead atoms.